The molecule has 1 aliphatic rings. The van der Waals surface area contributed by atoms with Gasteiger partial charge in [-0.05, 0) is 48.0 Å². The van der Waals surface area contributed by atoms with Gasteiger partial charge in [-0.15, -0.1) is 0 Å². The molecule has 31 heavy (non-hydrogen) atoms. The molecule has 1 aliphatic heterocycles. The second-order valence-corrected chi connectivity index (χ2v) is 7.86. The molecule has 0 unspecified atom stereocenters. The first-order chi connectivity index (χ1) is 15.3. The van der Waals surface area contributed by atoms with E-state index >= 15 is 0 Å². The minimum atomic E-state index is 0.566. The van der Waals surface area contributed by atoms with E-state index in [-0.39, 0.29) is 0 Å². The Bertz CT molecular complexity index is 1130. The summed E-state index contributed by atoms with van der Waals surface area (Å²) in [6, 6.07) is 20.6. The van der Waals surface area contributed by atoms with Crippen molar-refractivity contribution < 1.29 is 4.74 Å². The molecule has 4 aromatic rings. The van der Waals surface area contributed by atoms with Gasteiger partial charge < -0.3 is 19.5 Å². The molecule has 158 valence electrons. The normalized spacial score (nSPS) is 14.8. The molecule has 6 heteroatoms. The zero-order chi connectivity index (χ0) is 21.0. The van der Waals surface area contributed by atoms with Crippen molar-refractivity contribution in [3.8, 4) is 17.0 Å². The summed E-state index contributed by atoms with van der Waals surface area (Å²) >= 11 is 0. The largest absolute Gasteiger partial charge is 0.489 e. The summed E-state index contributed by atoms with van der Waals surface area (Å²) in [6.07, 6.45) is 1.66. The predicted molar refractivity (Wildman–Crippen MR) is 124 cm³/mol. The third kappa shape index (κ3) is 4.25. The van der Waals surface area contributed by atoms with Crippen LogP contribution in [-0.4, -0.2) is 52.6 Å². The number of aromatic amines is 1. The summed E-state index contributed by atoms with van der Waals surface area (Å²) in [5.41, 5.74) is 4.18. The van der Waals surface area contributed by atoms with Crippen molar-refractivity contribution in [2.24, 2.45) is 0 Å². The molecule has 3 heterocycles. The van der Waals surface area contributed by atoms with Gasteiger partial charge >= 0.3 is 0 Å². The number of benzene rings is 2. The number of fused-ring (bicyclic) bond motifs is 1. The van der Waals surface area contributed by atoms with E-state index < -0.39 is 0 Å². The van der Waals surface area contributed by atoms with E-state index in [1.54, 1.807) is 6.33 Å². The minimum Gasteiger partial charge on any atom is -0.489 e. The number of nitrogens with zero attached hydrogens (tertiary/aromatic N) is 4. The topological polar surface area (TPSA) is 57.3 Å². The van der Waals surface area contributed by atoms with Gasteiger partial charge in [-0.3, -0.25) is 0 Å². The Hall–Kier alpha value is -3.38. The lowest BCUT2D eigenvalue weighted by Crippen LogP contribution is -2.46. The molecule has 2 aromatic heterocycles. The number of anilines is 1. The van der Waals surface area contributed by atoms with Crippen LogP contribution in [0.5, 0.6) is 5.75 Å². The lowest BCUT2D eigenvalue weighted by molar-refractivity contribution is 0.271. The highest BCUT2D eigenvalue weighted by Gasteiger charge is 2.20. The Kier molecular flexibility index (Phi) is 5.54. The SMILES string of the molecule is CCN1CCN(c2ncnc3[nH]c(-c4ccc(OCc5ccccc5)cc4)cc23)CC1. The number of nitrogens with one attached hydrogen (secondary N) is 1. The second kappa shape index (κ2) is 8.78. The molecule has 1 N–H and O–H groups in total. The summed E-state index contributed by atoms with van der Waals surface area (Å²) in [5, 5.41) is 1.08. The van der Waals surface area contributed by atoms with Crippen LogP contribution >= 0.6 is 0 Å². The first-order valence-electron chi connectivity index (χ1n) is 10.9. The zero-order valence-corrected chi connectivity index (χ0v) is 17.8. The number of aromatic nitrogens is 3. The molecule has 1 saturated heterocycles. The van der Waals surface area contributed by atoms with Crippen LogP contribution in [0, 0.1) is 0 Å². The lowest BCUT2D eigenvalue weighted by Gasteiger charge is -2.34. The Morgan fingerprint density at radius 2 is 1.71 bits per heavy atom. The van der Waals surface area contributed by atoms with E-state index in [9.17, 15) is 0 Å². The highest BCUT2D eigenvalue weighted by atomic mass is 16.5. The summed E-state index contributed by atoms with van der Waals surface area (Å²) in [7, 11) is 0. The molecule has 6 nitrogen and oxygen atoms in total. The average Bonchev–Trinajstić information content (AvgIpc) is 3.28. The number of H-pyrrole nitrogens is 1. The van der Waals surface area contributed by atoms with Crippen LogP contribution in [0.3, 0.4) is 0 Å². The fourth-order valence-electron chi connectivity index (χ4n) is 4.08. The van der Waals surface area contributed by atoms with Crippen LogP contribution in [0.1, 0.15) is 12.5 Å². The van der Waals surface area contributed by atoms with Crippen molar-refractivity contribution >= 4 is 16.9 Å². The molecule has 0 spiro atoms. The molecule has 0 bridgehead atoms. The number of likely N-dealkylation sites (N-methyl/N-ethyl adjacent to an activating group) is 1. The number of hydrogen-bond donors (Lipinski definition) is 1. The van der Waals surface area contributed by atoms with Crippen LogP contribution in [0.15, 0.2) is 67.0 Å². The van der Waals surface area contributed by atoms with Gasteiger partial charge in [0.15, 0.2) is 0 Å². The van der Waals surface area contributed by atoms with E-state index in [1.165, 1.54) is 0 Å². The summed E-state index contributed by atoms with van der Waals surface area (Å²) < 4.78 is 5.91. The Morgan fingerprint density at radius 1 is 0.935 bits per heavy atom. The standard InChI is InChI=1S/C25H27N5O/c1-2-29-12-14-30(15-13-29)25-22-16-23(28-24(22)26-18-27-25)20-8-10-21(11-9-20)31-17-19-6-4-3-5-7-19/h3-11,16,18H,2,12-15,17H2,1H3,(H,26,27,28). The van der Waals surface area contributed by atoms with E-state index in [0.717, 1.165) is 72.1 Å². The van der Waals surface area contributed by atoms with E-state index in [2.05, 4.69) is 62.0 Å². The van der Waals surface area contributed by atoms with Gasteiger partial charge in [-0.1, -0.05) is 37.3 Å². The maximum absolute atomic E-state index is 5.91. The van der Waals surface area contributed by atoms with E-state index in [0.29, 0.717) is 6.61 Å². The predicted octanol–water partition coefficient (Wildman–Crippen LogP) is 4.35. The third-order valence-electron chi connectivity index (χ3n) is 5.94. The summed E-state index contributed by atoms with van der Waals surface area (Å²) in [5.74, 6) is 1.88. The molecule has 1 fully saturated rings. The van der Waals surface area contributed by atoms with Gasteiger partial charge in [0.05, 0.1) is 5.39 Å². The molecule has 2 aromatic carbocycles. The van der Waals surface area contributed by atoms with Crippen LogP contribution < -0.4 is 9.64 Å². The van der Waals surface area contributed by atoms with Crippen molar-refractivity contribution in [2.45, 2.75) is 13.5 Å². The highest BCUT2D eigenvalue weighted by molar-refractivity contribution is 5.92. The van der Waals surface area contributed by atoms with Crippen molar-refractivity contribution in [2.75, 3.05) is 37.6 Å². The smallest absolute Gasteiger partial charge is 0.143 e. The number of piperazine rings is 1. The molecule has 0 atom stereocenters. The van der Waals surface area contributed by atoms with Crippen LogP contribution in [0.25, 0.3) is 22.3 Å². The monoisotopic (exact) mass is 413 g/mol. The first-order valence-corrected chi connectivity index (χ1v) is 10.9. The van der Waals surface area contributed by atoms with Gasteiger partial charge in [-0.25, -0.2) is 9.97 Å². The Morgan fingerprint density at radius 3 is 2.45 bits per heavy atom. The maximum Gasteiger partial charge on any atom is 0.143 e. The lowest BCUT2D eigenvalue weighted by atomic mass is 10.1. The summed E-state index contributed by atoms with van der Waals surface area (Å²) in [4.78, 5) is 17.4. The first kappa shape index (κ1) is 19.6. The van der Waals surface area contributed by atoms with Crippen LogP contribution in [0.4, 0.5) is 5.82 Å². The molecule has 0 amide bonds. The van der Waals surface area contributed by atoms with Gasteiger partial charge in [0.2, 0.25) is 0 Å². The third-order valence-corrected chi connectivity index (χ3v) is 5.94. The molecular formula is C25H27N5O. The fourth-order valence-corrected chi connectivity index (χ4v) is 4.08. The van der Waals surface area contributed by atoms with Gasteiger partial charge in [0.25, 0.3) is 0 Å². The van der Waals surface area contributed by atoms with Crippen molar-refractivity contribution in [3.05, 3.63) is 72.6 Å². The van der Waals surface area contributed by atoms with E-state index in [4.69, 9.17) is 4.74 Å². The Balaban J connectivity index is 1.33. The van der Waals surface area contributed by atoms with Crippen molar-refractivity contribution in [3.63, 3.8) is 0 Å². The van der Waals surface area contributed by atoms with Crippen molar-refractivity contribution in [1.29, 1.82) is 0 Å². The second-order valence-electron chi connectivity index (χ2n) is 7.86. The average molecular weight is 414 g/mol. The van der Waals surface area contributed by atoms with Crippen molar-refractivity contribution in [1.82, 2.24) is 19.9 Å². The maximum atomic E-state index is 5.91. The van der Waals surface area contributed by atoms with E-state index in [1.807, 2.05) is 30.3 Å². The number of rotatable bonds is 6. The summed E-state index contributed by atoms with van der Waals surface area (Å²) in [6.45, 7) is 8.02. The number of hydrogen-bond acceptors (Lipinski definition) is 5. The minimum absolute atomic E-state index is 0.566. The molecular weight excluding hydrogens is 386 g/mol. The Labute approximate surface area is 182 Å². The van der Waals surface area contributed by atoms with Crippen LogP contribution in [0.2, 0.25) is 0 Å². The molecule has 0 aliphatic carbocycles. The number of ether oxygens (including phenoxy) is 1. The van der Waals surface area contributed by atoms with Gasteiger partial charge in [0.1, 0.15) is 30.1 Å². The zero-order valence-electron chi connectivity index (χ0n) is 17.8. The van der Waals surface area contributed by atoms with Gasteiger partial charge in [0, 0.05) is 31.9 Å². The van der Waals surface area contributed by atoms with Crippen LogP contribution in [-0.2, 0) is 6.61 Å². The van der Waals surface area contributed by atoms with Gasteiger partial charge in [-0.2, -0.15) is 0 Å². The quantitative estimate of drug-likeness (QED) is 0.509. The molecule has 0 radical (unpaired) electrons. The fraction of sp³-hybridized carbons (Fsp3) is 0.280. The molecule has 5 rings (SSSR count). The highest BCUT2D eigenvalue weighted by Crippen LogP contribution is 2.30. The molecule has 0 saturated carbocycles.